The lowest BCUT2D eigenvalue weighted by molar-refractivity contribution is 0.221. The molecule has 0 saturated heterocycles. The van der Waals surface area contributed by atoms with Crippen LogP contribution in [0.5, 0.6) is 11.5 Å². The molecule has 0 spiro atoms. The first-order valence-electron chi connectivity index (χ1n) is 7.72. The maximum Gasteiger partial charge on any atom is 0.280 e. The van der Waals surface area contributed by atoms with Crippen molar-refractivity contribution in [1.82, 2.24) is 5.16 Å². The SMILES string of the molecule is COc1cccc(OC(C)Cc2ccc(-c3cc(=O)[nH]o3)cc2)c1. The van der Waals surface area contributed by atoms with Crippen molar-refractivity contribution in [3.63, 3.8) is 0 Å². The van der Waals surface area contributed by atoms with Gasteiger partial charge < -0.3 is 14.0 Å². The van der Waals surface area contributed by atoms with Crippen LogP contribution in [0.15, 0.2) is 63.9 Å². The quantitative estimate of drug-likeness (QED) is 0.751. The molecule has 0 aliphatic rings. The first kappa shape index (κ1) is 15.9. The average Bonchev–Trinajstić information content (AvgIpc) is 3.02. The number of nitrogens with one attached hydrogen (secondary N) is 1. The van der Waals surface area contributed by atoms with Crippen LogP contribution in [0.2, 0.25) is 0 Å². The lowest BCUT2D eigenvalue weighted by Gasteiger charge is -2.15. The Morgan fingerprint density at radius 2 is 1.83 bits per heavy atom. The maximum absolute atomic E-state index is 11.1. The Balaban J connectivity index is 1.63. The first-order valence-corrected chi connectivity index (χ1v) is 7.72. The molecular formula is C19H19NO4. The fourth-order valence-corrected chi connectivity index (χ4v) is 2.51. The van der Waals surface area contributed by atoms with Crippen LogP contribution in [-0.2, 0) is 6.42 Å². The number of rotatable bonds is 6. The Kier molecular flexibility index (Phi) is 4.70. The number of benzene rings is 2. The maximum atomic E-state index is 11.1. The smallest absolute Gasteiger partial charge is 0.280 e. The summed E-state index contributed by atoms with van der Waals surface area (Å²) in [7, 11) is 1.64. The van der Waals surface area contributed by atoms with Gasteiger partial charge in [0.2, 0.25) is 0 Å². The van der Waals surface area contributed by atoms with Crippen LogP contribution in [0.3, 0.4) is 0 Å². The Morgan fingerprint density at radius 3 is 2.50 bits per heavy atom. The topological polar surface area (TPSA) is 64.5 Å². The van der Waals surface area contributed by atoms with Gasteiger partial charge >= 0.3 is 0 Å². The van der Waals surface area contributed by atoms with Crippen molar-refractivity contribution in [2.45, 2.75) is 19.4 Å². The summed E-state index contributed by atoms with van der Waals surface area (Å²) in [4.78, 5) is 11.1. The van der Waals surface area contributed by atoms with Crippen LogP contribution in [0.4, 0.5) is 0 Å². The lowest BCUT2D eigenvalue weighted by Crippen LogP contribution is -2.15. The predicted octanol–water partition coefficient (Wildman–Crippen LogP) is 3.65. The van der Waals surface area contributed by atoms with Crippen LogP contribution in [-0.4, -0.2) is 18.4 Å². The van der Waals surface area contributed by atoms with E-state index in [0.29, 0.717) is 5.76 Å². The molecule has 0 saturated carbocycles. The molecule has 0 amide bonds. The van der Waals surface area contributed by atoms with E-state index in [0.717, 1.165) is 29.0 Å². The van der Waals surface area contributed by atoms with Gasteiger partial charge in [-0.3, -0.25) is 4.79 Å². The molecule has 24 heavy (non-hydrogen) atoms. The van der Waals surface area contributed by atoms with Crippen LogP contribution in [0.1, 0.15) is 12.5 Å². The van der Waals surface area contributed by atoms with Gasteiger partial charge in [-0.25, -0.2) is 0 Å². The molecule has 3 aromatic rings. The highest BCUT2D eigenvalue weighted by Gasteiger charge is 2.08. The summed E-state index contributed by atoms with van der Waals surface area (Å²) in [5.74, 6) is 2.09. The van der Waals surface area contributed by atoms with Gasteiger partial charge in [-0.05, 0) is 24.6 Å². The zero-order chi connectivity index (χ0) is 16.9. The van der Waals surface area contributed by atoms with Crippen molar-refractivity contribution in [3.8, 4) is 22.8 Å². The van der Waals surface area contributed by atoms with E-state index in [-0.39, 0.29) is 11.7 Å². The molecule has 1 N–H and O–H groups in total. The summed E-state index contributed by atoms with van der Waals surface area (Å²) in [5, 5.41) is 2.29. The van der Waals surface area contributed by atoms with E-state index in [9.17, 15) is 4.79 Å². The first-order chi connectivity index (χ1) is 11.6. The Morgan fingerprint density at radius 1 is 1.08 bits per heavy atom. The Bertz CT molecular complexity index is 848. The number of H-pyrrole nitrogens is 1. The molecule has 0 fully saturated rings. The van der Waals surface area contributed by atoms with Gasteiger partial charge in [0, 0.05) is 18.1 Å². The fraction of sp³-hybridized carbons (Fsp3) is 0.211. The van der Waals surface area contributed by atoms with Crippen LogP contribution < -0.4 is 15.0 Å². The molecule has 0 aliphatic heterocycles. The Hall–Kier alpha value is -2.95. The van der Waals surface area contributed by atoms with Crippen molar-refractivity contribution in [2.24, 2.45) is 0 Å². The summed E-state index contributed by atoms with van der Waals surface area (Å²) in [6.07, 6.45) is 0.794. The number of hydrogen-bond acceptors (Lipinski definition) is 4. The normalized spacial score (nSPS) is 11.9. The van der Waals surface area contributed by atoms with E-state index < -0.39 is 0 Å². The molecule has 5 heteroatoms. The van der Waals surface area contributed by atoms with Crippen molar-refractivity contribution in [2.75, 3.05) is 7.11 Å². The number of methoxy groups -OCH3 is 1. The number of ether oxygens (including phenoxy) is 2. The molecule has 2 aromatic carbocycles. The average molecular weight is 325 g/mol. The zero-order valence-electron chi connectivity index (χ0n) is 13.6. The standard InChI is InChI=1S/C19H19NO4/c1-13(23-17-5-3-4-16(11-17)22-2)10-14-6-8-15(9-7-14)18-12-19(21)20-24-18/h3-9,11-13H,10H2,1-2H3,(H,20,21). The third-order valence-corrected chi connectivity index (χ3v) is 3.66. The molecule has 5 nitrogen and oxygen atoms in total. The van der Waals surface area contributed by atoms with Gasteiger partial charge in [0.05, 0.1) is 19.3 Å². The second-order valence-corrected chi connectivity index (χ2v) is 5.59. The van der Waals surface area contributed by atoms with Crippen molar-refractivity contribution in [3.05, 3.63) is 70.5 Å². The molecule has 1 atom stereocenters. The highest BCUT2D eigenvalue weighted by atomic mass is 16.5. The van der Waals surface area contributed by atoms with Gasteiger partial charge in [-0.15, -0.1) is 0 Å². The molecule has 0 aliphatic carbocycles. The predicted molar refractivity (Wildman–Crippen MR) is 91.6 cm³/mol. The molecule has 1 heterocycles. The minimum absolute atomic E-state index is 0.0214. The third kappa shape index (κ3) is 3.87. The molecule has 3 rings (SSSR count). The van der Waals surface area contributed by atoms with Gasteiger partial charge in [0.15, 0.2) is 5.76 Å². The number of aromatic amines is 1. The zero-order valence-corrected chi connectivity index (χ0v) is 13.6. The second kappa shape index (κ2) is 7.08. The van der Waals surface area contributed by atoms with E-state index in [1.165, 1.54) is 6.07 Å². The number of aromatic nitrogens is 1. The van der Waals surface area contributed by atoms with E-state index in [2.05, 4.69) is 5.16 Å². The summed E-state index contributed by atoms with van der Waals surface area (Å²) >= 11 is 0. The van der Waals surface area contributed by atoms with Gasteiger partial charge in [0.1, 0.15) is 11.5 Å². The van der Waals surface area contributed by atoms with Crippen molar-refractivity contribution in [1.29, 1.82) is 0 Å². The van der Waals surface area contributed by atoms with E-state index >= 15 is 0 Å². The molecule has 1 aromatic heterocycles. The van der Waals surface area contributed by atoms with Crippen LogP contribution in [0.25, 0.3) is 11.3 Å². The summed E-state index contributed by atoms with van der Waals surface area (Å²) in [5.41, 5.74) is 1.76. The molecule has 0 bridgehead atoms. The van der Waals surface area contributed by atoms with Gasteiger partial charge in [-0.2, -0.15) is 5.16 Å². The second-order valence-electron chi connectivity index (χ2n) is 5.59. The molecule has 124 valence electrons. The fourth-order valence-electron chi connectivity index (χ4n) is 2.51. The van der Waals surface area contributed by atoms with E-state index in [1.54, 1.807) is 7.11 Å². The highest BCUT2D eigenvalue weighted by molar-refractivity contribution is 5.56. The molecule has 1 unspecified atom stereocenters. The summed E-state index contributed by atoms with van der Waals surface area (Å²) < 4.78 is 16.2. The minimum Gasteiger partial charge on any atom is -0.497 e. The van der Waals surface area contributed by atoms with Crippen LogP contribution >= 0.6 is 0 Å². The van der Waals surface area contributed by atoms with E-state index in [1.807, 2.05) is 55.5 Å². The molecular weight excluding hydrogens is 306 g/mol. The summed E-state index contributed by atoms with van der Waals surface area (Å²) in [6, 6.07) is 16.9. The van der Waals surface area contributed by atoms with Crippen molar-refractivity contribution >= 4 is 0 Å². The third-order valence-electron chi connectivity index (χ3n) is 3.66. The number of hydrogen-bond donors (Lipinski definition) is 1. The highest BCUT2D eigenvalue weighted by Crippen LogP contribution is 2.22. The largest absolute Gasteiger partial charge is 0.497 e. The lowest BCUT2D eigenvalue weighted by atomic mass is 10.1. The monoisotopic (exact) mass is 325 g/mol. The van der Waals surface area contributed by atoms with Crippen LogP contribution in [0, 0.1) is 0 Å². The van der Waals surface area contributed by atoms with Gasteiger partial charge in [-0.1, -0.05) is 30.3 Å². The minimum atomic E-state index is -0.241. The Labute approximate surface area is 139 Å². The van der Waals surface area contributed by atoms with Gasteiger partial charge in [0.25, 0.3) is 5.56 Å². The summed E-state index contributed by atoms with van der Waals surface area (Å²) in [6.45, 7) is 2.03. The van der Waals surface area contributed by atoms with E-state index in [4.69, 9.17) is 14.0 Å². The molecule has 0 radical (unpaired) electrons. The van der Waals surface area contributed by atoms with Crippen molar-refractivity contribution < 1.29 is 14.0 Å².